The molecule has 1 aromatic rings. The predicted molar refractivity (Wildman–Crippen MR) is 96.6 cm³/mol. The summed E-state index contributed by atoms with van der Waals surface area (Å²) >= 11 is 9.17. The normalized spacial score (nSPS) is 19.6. The second kappa shape index (κ2) is 8.92. The number of rotatable bonds is 5. The van der Waals surface area contributed by atoms with Gasteiger partial charge in [0.1, 0.15) is 0 Å². The zero-order valence-electron chi connectivity index (χ0n) is 12.3. The van der Waals surface area contributed by atoms with Crippen molar-refractivity contribution in [2.75, 3.05) is 6.54 Å². The molecule has 1 aliphatic rings. The van der Waals surface area contributed by atoms with Crippen LogP contribution in [0.15, 0.2) is 14.3 Å². The van der Waals surface area contributed by atoms with Gasteiger partial charge in [-0.1, -0.05) is 39.0 Å². The molecule has 1 unspecified atom stereocenters. The highest BCUT2D eigenvalue weighted by atomic mass is 79.9. The minimum absolute atomic E-state index is 0.542. The summed E-state index contributed by atoms with van der Waals surface area (Å²) < 4.78 is 2.42. The molecule has 0 bridgehead atoms. The molecule has 2 rings (SSSR count). The van der Waals surface area contributed by atoms with E-state index in [0.717, 1.165) is 12.5 Å². The zero-order valence-corrected chi connectivity index (χ0v) is 16.2. The molecule has 20 heavy (non-hydrogen) atoms. The molecule has 1 saturated carbocycles. The molecule has 4 heteroatoms. The Morgan fingerprint density at radius 2 is 1.85 bits per heavy atom. The van der Waals surface area contributed by atoms with Crippen LogP contribution in [-0.4, -0.2) is 6.54 Å². The SMILES string of the molecule is CCCNC(c1cc(Br)c(Br)s1)C1CCCCCCC1. The highest BCUT2D eigenvalue weighted by molar-refractivity contribution is 9.13. The van der Waals surface area contributed by atoms with E-state index >= 15 is 0 Å². The molecular formula is C16H25Br2NS. The lowest BCUT2D eigenvalue weighted by Gasteiger charge is -2.29. The monoisotopic (exact) mass is 421 g/mol. The van der Waals surface area contributed by atoms with Crippen molar-refractivity contribution >= 4 is 43.2 Å². The lowest BCUT2D eigenvalue weighted by molar-refractivity contribution is 0.291. The lowest BCUT2D eigenvalue weighted by Crippen LogP contribution is -2.29. The van der Waals surface area contributed by atoms with Gasteiger partial charge in [-0.25, -0.2) is 0 Å². The van der Waals surface area contributed by atoms with Crippen LogP contribution in [-0.2, 0) is 0 Å². The van der Waals surface area contributed by atoms with Crippen molar-refractivity contribution < 1.29 is 0 Å². The molecule has 1 aliphatic carbocycles. The standard InChI is InChI=1S/C16H25Br2NS/c1-2-10-19-15(14-11-13(17)16(18)20-14)12-8-6-4-3-5-7-9-12/h11-12,15,19H,2-10H2,1H3. The van der Waals surface area contributed by atoms with Gasteiger partial charge in [0.2, 0.25) is 0 Å². The number of hydrogen-bond acceptors (Lipinski definition) is 2. The largest absolute Gasteiger partial charge is 0.309 e. The van der Waals surface area contributed by atoms with Gasteiger partial charge in [0.05, 0.1) is 3.79 Å². The van der Waals surface area contributed by atoms with Gasteiger partial charge in [-0.3, -0.25) is 0 Å². The molecule has 0 spiro atoms. The van der Waals surface area contributed by atoms with Crippen LogP contribution in [0.4, 0.5) is 0 Å². The molecule has 114 valence electrons. The van der Waals surface area contributed by atoms with Gasteiger partial charge in [0, 0.05) is 15.4 Å². The quantitative estimate of drug-likeness (QED) is 0.558. The Bertz CT molecular complexity index is 378. The minimum atomic E-state index is 0.542. The highest BCUT2D eigenvalue weighted by Gasteiger charge is 2.25. The van der Waals surface area contributed by atoms with E-state index in [1.807, 2.05) is 11.3 Å². The van der Waals surface area contributed by atoms with E-state index in [0.29, 0.717) is 6.04 Å². The molecule has 0 amide bonds. The van der Waals surface area contributed by atoms with Gasteiger partial charge >= 0.3 is 0 Å². The van der Waals surface area contributed by atoms with E-state index in [4.69, 9.17) is 0 Å². The Kier molecular flexibility index (Phi) is 7.57. The van der Waals surface area contributed by atoms with Gasteiger partial charge < -0.3 is 5.32 Å². The van der Waals surface area contributed by atoms with Crippen LogP contribution in [0.1, 0.15) is 69.2 Å². The van der Waals surface area contributed by atoms with Gasteiger partial charge in [-0.15, -0.1) is 11.3 Å². The first-order valence-corrected chi connectivity index (χ1v) is 10.3. The second-order valence-electron chi connectivity index (χ2n) is 5.81. The van der Waals surface area contributed by atoms with E-state index in [1.54, 1.807) is 0 Å². The lowest BCUT2D eigenvalue weighted by atomic mass is 9.85. The van der Waals surface area contributed by atoms with Crippen LogP contribution in [0.2, 0.25) is 0 Å². The van der Waals surface area contributed by atoms with Crippen molar-refractivity contribution in [2.45, 2.75) is 64.3 Å². The third-order valence-corrected chi connectivity index (χ3v) is 7.55. The Morgan fingerprint density at radius 3 is 2.40 bits per heavy atom. The fourth-order valence-electron chi connectivity index (χ4n) is 3.14. The molecule has 1 N–H and O–H groups in total. The van der Waals surface area contributed by atoms with Crippen LogP contribution in [0.25, 0.3) is 0 Å². The van der Waals surface area contributed by atoms with Crippen molar-refractivity contribution in [3.8, 4) is 0 Å². The van der Waals surface area contributed by atoms with Crippen LogP contribution in [0, 0.1) is 5.92 Å². The first-order chi connectivity index (χ1) is 9.72. The highest BCUT2D eigenvalue weighted by Crippen LogP contribution is 2.40. The number of hydrogen-bond donors (Lipinski definition) is 1. The fourth-order valence-corrected chi connectivity index (χ4v) is 5.40. The Hall–Kier alpha value is 0.620. The molecule has 1 atom stereocenters. The number of thiophene rings is 1. The Balaban J connectivity index is 2.12. The van der Waals surface area contributed by atoms with E-state index in [2.05, 4.69) is 50.2 Å². The summed E-state index contributed by atoms with van der Waals surface area (Å²) in [6, 6.07) is 2.85. The molecule has 0 aromatic carbocycles. The third-order valence-electron chi connectivity index (χ3n) is 4.21. The third kappa shape index (κ3) is 4.82. The summed E-state index contributed by atoms with van der Waals surface area (Å²) in [6.07, 6.45) is 11.1. The van der Waals surface area contributed by atoms with Crippen LogP contribution in [0.5, 0.6) is 0 Å². The molecule has 0 saturated heterocycles. The van der Waals surface area contributed by atoms with E-state index in [9.17, 15) is 0 Å². The summed E-state index contributed by atoms with van der Waals surface area (Å²) in [6.45, 7) is 3.37. The van der Waals surface area contributed by atoms with Crippen molar-refractivity contribution in [3.05, 3.63) is 19.2 Å². The van der Waals surface area contributed by atoms with Crippen LogP contribution >= 0.6 is 43.2 Å². The van der Waals surface area contributed by atoms with Crippen molar-refractivity contribution in [2.24, 2.45) is 5.92 Å². The molecule has 0 aliphatic heterocycles. The average Bonchev–Trinajstić information content (AvgIpc) is 2.71. The minimum Gasteiger partial charge on any atom is -0.309 e. The zero-order chi connectivity index (χ0) is 14.4. The maximum Gasteiger partial charge on any atom is 0.0843 e. The van der Waals surface area contributed by atoms with E-state index < -0.39 is 0 Å². The van der Waals surface area contributed by atoms with E-state index in [1.165, 1.54) is 64.5 Å². The van der Waals surface area contributed by atoms with Gasteiger partial charge in [-0.05, 0) is 69.7 Å². The number of nitrogens with one attached hydrogen (secondary N) is 1. The Labute approximate surface area is 144 Å². The average molecular weight is 423 g/mol. The molecule has 1 aromatic heterocycles. The van der Waals surface area contributed by atoms with Gasteiger partial charge in [0.25, 0.3) is 0 Å². The summed E-state index contributed by atoms with van der Waals surface area (Å²) in [5, 5.41) is 3.81. The second-order valence-corrected chi connectivity index (χ2v) is 9.06. The van der Waals surface area contributed by atoms with Crippen molar-refractivity contribution in [1.82, 2.24) is 5.32 Å². The van der Waals surface area contributed by atoms with Crippen molar-refractivity contribution in [1.29, 1.82) is 0 Å². The maximum absolute atomic E-state index is 3.81. The Morgan fingerprint density at radius 1 is 1.20 bits per heavy atom. The first kappa shape index (κ1) is 17.0. The molecule has 1 fully saturated rings. The first-order valence-electron chi connectivity index (χ1n) is 7.90. The van der Waals surface area contributed by atoms with Gasteiger partial charge in [-0.2, -0.15) is 0 Å². The molecule has 0 radical (unpaired) electrons. The molecule has 1 heterocycles. The topological polar surface area (TPSA) is 12.0 Å². The van der Waals surface area contributed by atoms with Gasteiger partial charge in [0.15, 0.2) is 0 Å². The summed E-state index contributed by atoms with van der Waals surface area (Å²) in [7, 11) is 0. The van der Waals surface area contributed by atoms with Crippen LogP contribution in [0.3, 0.4) is 0 Å². The van der Waals surface area contributed by atoms with E-state index in [-0.39, 0.29) is 0 Å². The fraction of sp³-hybridized carbons (Fsp3) is 0.750. The predicted octanol–water partition coefficient (Wildman–Crippen LogP) is 6.67. The summed E-state index contributed by atoms with van der Waals surface area (Å²) in [4.78, 5) is 1.49. The van der Waals surface area contributed by atoms with Crippen LogP contribution < -0.4 is 5.32 Å². The van der Waals surface area contributed by atoms with Crippen molar-refractivity contribution in [3.63, 3.8) is 0 Å². The number of halogens is 2. The molecular weight excluding hydrogens is 398 g/mol. The molecule has 1 nitrogen and oxygen atoms in total. The maximum atomic E-state index is 3.81. The summed E-state index contributed by atoms with van der Waals surface area (Å²) in [5.74, 6) is 0.805. The summed E-state index contributed by atoms with van der Waals surface area (Å²) in [5.41, 5.74) is 0. The smallest absolute Gasteiger partial charge is 0.0843 e.